The van der Waals surface area contributed by atoms with E-state index in [9.17, 15) is 9.90 Å². The van der Waals surface area contributed by atoms with E-state index in [1.54, 1.807) is 4.90 Å². The van der Waals surface area contributed by atoms with Crippen molar-refractivity contribution < 1.29 is 14.6 Å². The number of nitrogens with zero attached hydrogens (tertiary/aromatic N) is 1. The average Bonchev–Trinajstić information content (AvgIpc) is 2.46. The summed E-state index contributed by atoms with van der Waals surface area (Å²) in [6.45, 7) is 1.33. The van der Waals surface area contributed by atoms with Gasteiger partial charge in [0.2, 0.25) is 0 Å². The van der Waals surface area contributed by atoms with Gasteiger partial charge in [-0.3, -0.25) is 0 Å². The summed E-state index contributed by atoms with van der Waals surface area (Å²) in [5.74, 6) is -0.0574. The predicted molar refractivity (Wildman–Crippen MR) is 71.4 cm³/mol. The topological polar surface area (TPSA) is 75.8 Å². The average molecular weight is 264 g/mol. The molecule has 1 fully saturated rings. The molecule has 1 aliphatic heterocycles. The normalized spacial score (nSPS) is 23.2. The van der Waals surface area contributed by atoms with Gasteiger partial charge in [0.05, 0.1) is 0 Å². The third-order valence-corrected chi connectivity index (χ3v) is 3.49. The lowest BCUT2D eigenvalue weighted by Gasteiger charge is -2.35. The Labute approximate surface area is 113 Å². The fraction of sp³-hybridized carbons (Fsp3) is 0.500. The summed E-state index contributed by atoms with van der Waals surface area (Å²) >= 11 is 0. The van der Waals surface area contributed by atoms with Gasteiger partial charge in [0.15, 0.2) is 0 Å². The molecule has 0 aliphatic carbocycles. The molecule has 0 bridgehead atoms. The van der Waals surface area contributed by atoms with Crippen LogP contribution in [0.3, 0.4) is 0 Å². The summed E-state index contributed by atoms with van der Waals surface area (Å²) in [6.07, 6.45) is 0.361. The van der Waals surface area contributed by atoms with E-state index < -0.39 is 0 Å². The molecule has 1 aromatic rings. The first-order chi connectivity index (χ1) is 9.20. The number of carbonyl (C=O) groups is 1. The molecule has 104 valence electrons. The molecule has 5 nitrogen and oxygen atoms in total. The van der Waals surface area contributed by atoms with Crippen molar-refractivity contribution in [1.29, 1.82) is 0 Å². The molecule has 1 aliphatic rings. The SMILES string of the molecule is NC1CCN(C(=O)OCc2ccccc2)CC1CO. The Morgan fingerprint density at radius 3 is 2.84 bits per heavy atom. The van der Waals surface area contributed by atoms with Crippen molar-refractivity contribution in [3.8, 4) is 0 Å². The van der Waals surface area contributed by atoms with E-state index in [2.05, 4.69) is 0 Å². The van der Waals surface area contributed by atoms with Crippen LogP contribution in [0.5, 0.6) is 0 Å². The number of amides is 1. The molecule has 3 N–H and O–H groups in total. The van der Waals surface area contributed by atoms with Crippen LogP contribution >= 0.6 is 0 Å². The Hall–Kier alpha value is -1.59. The van der Waals surface area contributed by atoms with E-state index in [1.807, 2.05) is 30.3 Å². The van der Waals surface area contributed by atoms with Crippen LogP contribution < -0.4 is 5.73 Å². The number of likely N-dealkylation sites (tertiary alicyclic amines) is 1. The van der Waals surface area contributed by atoms with Crippen molar-refractivity contribution >= 4 is 6.09 Å². The standard InChI is InChI=1S/C14H20N2O3/c15-13-6-7-16(8-12(13)9-17)14(18)19-10-11-4-2-1-3-5-11/h1-5,12-13,17H,6-10,15H2. The Morgan fingerprint density at radius 2 is 2.16 bits per heavy atom. The van der Waals surface area contributed by atoms with E-state index in [-0.39, 0.29) is 31.3 Å². The molecule has 0 spiro atoms. The second-order valence-corrected chi connectivity index (χ2v) is 4.88. The number of hydrogen-bond donors (Lipinski definition) is 2. The number of hydrogen-bond acceptors (Lipinski definition) is 4. The van der Waals surface area contributed by atoms with Crippen LogP contribution in [0.2, 0.25) is 0 Å². The first-order valence-corrected chi connectivity index (χ1v) is 6.52. The molecule has 2 atom stereocenters. The molecule has 5 heteroatoms. The fourth-order valence-electron chi connectivity index (χ4n) is 2.22. The van der Waals surface area contributed by atoms with Crippen molar-refractivity contribution in [2.45, 2.75) is 19.1 Å². The number of piperidine rings is 1. The summed E-state index contributed by atoms with van der Waals surface area (Å²) < 4.78 is 5.26. The maximum atomic E-state index is 11.9. The Kier molecular flexibility index (Phi) is 4.76. The first-order valence-electron chi connectivity index (χ1n) is 6.52. The smallest absolute Gasteiger partial charge is 0.410 e. The van der Waals surface area contributed by atoms with E-state index in [0.29, 0.717) is 19.5 Å². The number of ether oxygens (including phenoxy) is 1. The molecule has 19 heavy (non-hydrogen) atoms. The lowest BCUT2D eigenvalue weighted by Crippen LogP contribution is -2.50. The highest BCUT2D eigenvalue weighted by atomic mass is 16.6. The zero-order valence-electron chi connectivity index (χ0n) is 10.9. The largest absolute Gasteiger partial charge is 0.445 e. The van der Waals surface area contributed by atoms with Gasteiger partial charge in [0.1, 0.15) is 6.61 Å². The number of aliphatic hydroxyl groups excluding tert-OH is 1. The second-order valence-electron chi connectivity index (χ2n) is 4.88. The second kappa shape index (κ2) is 6.54. The number of carbonyl (C=O) groups excluding carboxylic acids is 1. The highest BCUT2D eigenvalue weighted by Crippen LogP contribution is 2.16. The summed E-state index contributed by atoms with van der Waals surface area (Å²) in [4.78, 5) is 13.5. The van der Waals surface area contributed by atoms with Crippen LogP contribution in [0, 0.1) is 5.92 Å². The lowest BCUT2D eigenvalue weighted by molar-refractivity contribution is 0.0623. The van der Waals surface area contributed by atoms with Gasteiger partial charge in [0, 0.05) is 31.7 Å². The molecule has 2 rings (SSSR count). The molecule has 2 unspecified atom stereocenters. The predicted octanol–water partition coefficient (Wildman–Crippen LogP) is 0.965. The van der Waals surface area contributed by atoms with Crippen molar-refractivity contribution in [2.24, 2.45) is 11.7 Å². The maximum absolute atomic E-state index is 11.9. The van der Waals surface area contributed by atoms with Gasteiger partial charge in [-0.15, -0.1) is 0 Å². The van der Waals surface area contributed by atoms with Gasteiger partial charge in [-0.1, -0.05) is 30.3 Å². The zero-order valence-corrected chi connectivity index (χ0v) is 10.9. The summed E-state index contributed by atoms with van der Waals surface area (Å²) in [5.41, 5.74) is 6.84. The summed E-state index contributed by atoms with van der Waals surface area (Å²) in [5, 5.41) is 9.21. The van der Waals surface area contributed by atoms with E-state index >= 15 is 0 Å². The van der Waals surface area contributed by atoms with E-state index in [0.717, 1.165) is 5.56 Å². The minimum absolute atomic E-state index is 0.00360. The van der Waals surface area contributed by atoms with Crippen LogP contribution in [0.25, 0.3) is 0 Å². The van der Waals surface area contributed by atoms with Crippen molar-refractivity contribution in [3.63, 3.8) is 0 Å². The minimum atomic E-state index is -0.339. The number of aliphatic hydroxyl groups is 1. The fourth-order valence-corrected chi connectivity index (χ4v) is 2.22. The number of nitrogens with two attached hydrogens (primary N) is 1. The Morgan fingerprint density at radius 1 is 1.42 bits per heavy atom. The Bertz CT molecular complexity index is 410. The van der Waals surface area contributed by atoms with Gasteiger partial charge >= 0.3 is 6.09 Å². The first kappa shape index (κ1) is 13.8. The van der Waals surface area contributed by atoms with Crippen molar-refractivity contribution in [2.75, 3.05) is 19.7 Å². The quantitative estimate of drug-likeness (QED) is 0.852. The summed E-state index contributed by atoms with van der Waals surface area (Å²) in [6, 6.07) is 9.52. The van der Waals surface area contributed by atoms with Gasteiger partial charge in [-0.2, -0.15) is 0 Å². The molecule has 0 saturated carbocycles. The summed E-state index contributed by atoms with van der Waals surface area (Å²) in [7, 11) is 0. The maximum Gasteiger partial charge on any atom is 0.410 e. The number of benzene rings is 1. The third kappa shape index (κ3) is 3.68. The molecule has 1 saturated heterocycles. The minimum Gasteiger partial charge on any atom is -0.445 e. The Balaban J connectivity index is 1.83. The van der Waals surface area contributed by atoms with E-state index in [1.165, 1.54) is 0 Å². The van der Waals surface area contributed by atoms with Crippen LogP contribution in [0.15, 0.2) is 30.3 Å². The highest BCUT2D eigenvalue weighted by Gasteiger charge is 2.29. The van der Waals surface area contributed by atoms with Gasteiger partial charge < -0.3 is 20.5 Å². The molecule has 0 radical (unpaired) electrons. The molecule has 1 aromatic carbocycles. The van der Waals surface area contributed by atoms with Crippen LogP contribution in [-0.4, -0.2) is 41.8 Å². The van der Waals surface area contributed by atoms with Crippen LogP contribution in [0.1, 0.15) is 12.0 Å². The van der Waals surface area contributed by atoms with Gasteiger partial charge in [0.25, 0.3) is 0 Å². The van der Waals surface area contributed by atoms with Crippen molar-refractivity contribution in [1.82, 2.24) is 4.90 Å². The monoisotopic (exact) mass is 264 g/mol. The van der Waals surface area contributed by atoms with E-state index in [4.69, 9.17) is 10.5 Å². The molecular weight excluding hydrogens is 244 g/mol. The highest BCUT2D eigenvalue weighted by molar-refractivity contribution is 5.67. The van der Waals surface area contributed by atoms with Crippen LogP contribution in [0.4, 0.5) is 4.79 Å². The molecule has 1 amide bonds. The molecular formula is C14H20N2O3. The van der Waals surface area contributed by atoms with Gasteiger partial charge in [-0.05, 0) is 12.0 Å². The molecule has 1 heterocycles. The lowest BCUT2D eigenvalue weighted by atomic mass is 9.94. The third-order valence-electron chi connectivity index (χ3n) is 3.49. The zero-order chi connectivity index (χ0) is 13.7. The number of rotatable bonds is 3. The van der Waals surface area contributed by atoms with Crippen molar-refractivity contribution in [3.05, 3.63) is 35.9 Å². The molecule has 0 aromatic heterocycles. The van der Waals surface area contributed by atoms with Crippen LogP contribution in [-0.2, 0) is 11.3 Å². The van der Waals surface area contributed by atoms with Gasteiger partial charge in [-0.25, -0.2) is 4.79 Å².